The molecule has 1 aromatic heterocycles. The number of piperazine rings is 1. The van der Waals surface area contributed by atoms with Crippen LogP contribution in [-0.2, 0) is 28.4 Å². The molecule has 2 saturated heterocycles. The smallest absolute Gasteiger partial charge is 0.265 e. The van der Waals surface area contributed by atoms with E-state index in [1.54, 1.807) is 7.05 Å². The summed E-state index contributed by atoms with van der Waals surface area (Å²) < 4.78 is 28.8. The topological polar surface area (TPSA) is 109 Å². The van der Waals surface area contributed by atoms with Crippen LogP contribution in [-0.4, -0.2) is 78.2 Å². The van der Waals surface area contributed by atoms with Crippen LogP contribution in [0.4, 0.5) is 0 Å². The number of piperidine rings is 1. The number of amides is 2. The number of hydrogen-bond donors (Lipinski definition) is 1. The minimum Gasteiger partial charge on any atom is -0.364 e. The lowest BCUT2D eigenvalue weighted by Gasteiger charge is -2.38. The molecule has 2 amide bonds. The maximum Gasteiger partial charge on any atom is 0.265 e. The second kappa shape index (κ2) is 9.66. The van der Waals surface area contributed by atoms with Crippen molar-refractivity contribution in [1.82, 2.24) is 18.7 Å². The minimum absolute atomic E-state index is 0.0538. The van der Waals surface area contributed by atoms with Crippen LogP contribution < -0.4 is 5.73 Å². The average Bonchev–Trinajstić information content (AvgIpc) is 3.23. The molecule has 0 saturated carbocycles. The maximum absolute atomic E-state index is 13.1. The van der Waals surface area contributed by atoms with Crippen molar-refractivity contribution in [2.45, 2.75) is 24.3 Å². The summed E-state index contributed by atoms with van der Waals surface area (Å²) in [7, 11) is -2.15. The van der Waals surface area contributed by atoms with Crippen LogP contribution in [0.5, 0.6) is 0 Å². The Kier molecular flexibility index (Phi) is 6.87. The van der Waals surface area contributed by atoms with Crippen LogP contribution in [0.2, 0.25) is 0 Å². The fourth-order valence-electron chi connectivity index (χ4n) is 4.64. The Hall–Kier alpha value is -2.69. The van der Waals surface area contributed by atoms with Crippen molar-refractivity contribution in [2.24, 2.45) is 18.7 Å². The molecule has 1 aromatic carbocycles. The monoisotopic (exact) mass is 473 g/mol. The van der Waals surface area contributed by atoms with Gasteiger partial charge in [-0.2, -0.15) is 4.31 Å². The summed E-state index contributed by atoms with van der Waals surface area (Å²) in [6, 6.07) is 11.6. The summed E-state index contributed by atoms with van der Waals surface area (Å²) in [6.07, 6.45) is 2.40. The molecule has 178 valence electrons. The van der Waals surface area contributed by atoms with Gasteiger partial charge in [0.25, 0.3) is 5.91 Å². The summed E-state index contributed by atoms with van der Waals surface area (Å²) >= 11 is 0. The summed E-state index contributed by atoms with van der Waals surface area (Å²) in [5, 5.41) is 0. The molecule has 2 aliphatic rings. The molecule has 10 heteroatoms. The average molecular weight is 474 g/mol. The fourth-order valence-corrected chi connectivity index (χ4v) is 6.18. The minimum atomic E-state index is -3.74. The number of carbonyl (C=O) groups excluding carboxylic acids is 2. The Morgan fingerprint density at radius 3 is 2.21 bits per heavy atom. The number of benzene rings is 1. The summed E-state index contributed by atoms with van der Waals surface area (Å²) in [5.74, 6) is -0.705. The van der Waals surface area contributed by atoms with Gasteiger partial charge in [0.2, 0.25) is 15.9 Å². The largest absolute Gasteiger partial charge is 0.364 e. The van der Waals surface area contributed by atoms with Crippen molar-refractivity contribution in [3.63, 3.8) is 0 Å². The van der Waals surface area contributed by atoms with E-state index in [-0.39, 0.29) is 35.5 Å². The number of nitrogens with two attached hydrogens (primary N) is 1. The molecule has 0 atom stereocenters. The number of aromatic nitrogens is 1. The Morgan fingerprint density at radius 2 is 1.64 bits per heavy atom. The summed E-state index contributed by atoms with van der Waals surface area (Å²) in [5.41, 5.74) is 6.72. The van der Waals surface area contributed by atoms with Crippen LogP contribution in [0.1, 0.15) is 28.9 Å². The van der Waals surface area contributed by atoms with Crippen LogP contribution in [0.15, 0.2) is 47.5 Å². The number of carbonyl (C=O) groups is 2. The summed E-state index contributed by atoms with van der Waals surface area (Å²) in [6.45, 7) is 4.53. The quantitative estimate of drug-likeness (QED) is 0.670. The molecule has 0 spiro atoms. The lowest BCUT2D eigenvalue weighted by Crippen LogP contribution is -2.51. The van der Waals surface area contributed by atoms with Crippen molar-refractivity contribution >= 4 is 21.8 Å². The Morgan fingerprint density at radius 1 is 1.00 bits per heavy atom. The van der Waals surface area contributed by atoms with E-state index in [4.69, 9.17) is 5.73 Å². The van der Waals surface area contributed by atoms with Gasteiger partial charge in [-0.15, -0.1) is 0 Å². The van der Waals surface area contributed by atoms with E-state index in [2.05, 4.69) is 17.0 Å². The molecule has 9 nitrogen and oxygen atoms in total. The van der Waals surface area contributed by atoms with Crippen molar-refractivity contribution in [1.29, 1.82) is 0 Å². The number of aryl methyl sites for hydroxylation is 1. The normalized spacial score (nSPS) is 19.0. The molecule has 0 aliphatic carbocycles. The maximum atomic E-state index is 13.1. The first kappa shape index (κ1) is 23.5. The van der Waals surface area contributed by atoms with Crippen molar-refractivity contribution in [3.05, 3.63) is 53.9 Å². The number of primary amides is 1. The number of hydrogen-bond acceptors (Lipinski definition) is 5. The van der Waals surface area contributed by atoms with Crippen molar-refractivity contribution in [2.75, 3.05) is 39.3 Å². The predicted molar refractivity (Wildman–Crippen MR) is 124 cm³/mol. The second-order valence-electron chi connectivity index (χ2n) is 8.80. The Bertz CT molecular complexity index is 1100. The van der Waals surface area contributed by atoms with Crippen LogP contribution in [0, 0.1) is 5.92 Å². The van der Waals surface area contributed by atoms with Gasteiger partial charge in [0.05, 0.1) is 0 Å². The summed E-state index contributed by atoms with van der Waals surface area (Å²) in [4.78, 5) is 28.9. The molecule has 0 unspecified atom stereocenters. The van der Waals surface area contributed by atoms with Gasteiger partial charge in [-0.1, -0.05) is 30.3 Å². The molecule has 2 N–H and O–H groups in total. The van der Waals surface area contributed by atoms with Gasteiger partial charge in [-0.25, -0.2) is 8.42 Å². The van der Waals surface area contributed by atoms with E-state index in [1.165, 1.54) is 26.7 Å². The van der Waals surface area contributed by atoms with E-state index in [9.17, 15) is 18.0 Å². The first-order valence-electron chi connectivity index (χ1n) is 11.3. The zero-order valence-corrected chi connectivity index (χ0v) is 19.7. The van der Waals surface area contributed by atoms with Crippen LogP contribution >= 0.6 is 0 Å². The van der Waals surface area contributed by atoms with Gasteiger partial charge >= 0.3 is 0 Å². The molecular formula is C23H31N5O4S. The third kappa shape index (κ3) is 5.13. The molecule has 0 bridgehead atoms. The molecular weight excluding hydrogens is 442 g/mol. The van der Waals surface area contributed by atoms with E-state index in [0.717, 1.165) is 19.6 Å². The molecule has 2 aliphatic heterocycles. The highest BCUT2D eigenvalue weighted by Gasteiger charge is 2.35. The predicted octanol–water partition coefficient (Wildman–Crippen LogP) is 0.869. The Balaban J connectivity index is 1.29. The van der Waals surface area contributed by atoms with Gasteiger partial charge in [0.15, 0.2) is 0 Å². The first-order chi connectivity index (χ1) is 15.8. The van der Waals surface area contributed by atoms with Gasteiger partial charge < -0.3 is 15.2 Å². The van der Waals surface area contributed by atoms with E-state index >= 15 is 0 Å². The van der Waals surface area contributed by atoms with Gasteiger partial charge in [-0.05, 0) is 24.5 Å². The highest BCUT2D eigenvalue weighted by molar-refractivity contribution is 7.89. The van der Waals surface area contributed by atoms with Crippen molar-refractivity contribution in [3.8, 4) is 0 Å². The highest BCUT2D eigenvalue weighted by Crippen LogP contribution is 2.26. The highest BCUT2D eigenvalue weighted by atomic mass is 32.2. The fraction of sp³-hybridized carbons (Fsp3) is 0.478. The van der Waals surface area contributed by atoms with Crippen molar-refractivity contribution < 1.29 is 18.0 Å². The standard InChI is InChI=1S/C23H31N5O4S/c1-25-17-20(15-21(25)22(24)29)33(31,32)28-9-7-19(8-10-28)23(30)27-13-11-26(12-14-27)16-18-5-3-2-4-6-18/h2-6,15,17,19H,7-14,16H2,1H3,(H2,24,29). The van der Waals surface area contributed by atoms with E-state index in [0.29, 0.717) is 25.9 Å². The molecule has 2 aromatic rings. The first-order valence-corrected chi connectivity index (χ1v) is 12.7. The van der Waals surface area contributed by atoms with E-state index in [1.807, 2.05) is 23.1 Å². The van der Waals surface area contributed by atoms with E-state index < -0.39 is 15.9 Å². The van der Waals surface area contributed by atoms with Gasteiger partial charge in [0, 0.05) is 65.0 Å². The zero-order valence-electron chi connectivity index (χ0n) is 18.9. The number of nitrogens with zero attached hydrogens (tertiary/aromatic N) is 4. The lowest BCUT2D eigenvalue weighted by molar-refractivity contribution is -0.138. The molecule has 2 fully saturated rings. The molecule has 0 radical (unpaired) electrons. The number of rotatable bonds is 6. The zero-order chi connectivity index (χ0) is 23.6. The third-order valence-corrected chi connectivity index (χ3v) is 8.47. The molecule has 33 heavy (non-hydrogen) atoms. The Labute approximate surface area is 194 Å². The number of sulfonamides is 1. The SMILES string of the molecule is Cn1cc(S(=O)(=O)N2CCC(C(=O)N3CCN(Cc4ccccc4)CC3)CC2)cc1C(N)=O. The van der Waals surface area contributed by atoms with Crippen LogP contribution in [0.25, 0.3) is 0 Å². The molecule has 4 rings (SSSR count). The van der Waals surface area contributed by atoms with Gasteiger partial charge in [-0.3, -0.25) is 14.5 Å². The third-order valence-electron chi connectivity index (χ3n) is 6.61. The second-order valence-corrected chi connectivity index (χ2v) is 10.7. The lowest BCUT2D eigenvalue weighted by atomic mass is 9.96. The molecule has 3 heterocycles. The van der Waals surface area contributed by atoms with Crippen LogP contribution in [0.3, 0.4) is 0 Å². The van der Waals surface area contributed by atoms with Gasteiger partial charge in [0.1, 0.15) is 10.6 Å².